The van der Waals surface area contributed by atoms with E-state index in [-0.39, 0.29) is 42.3 Å². The fourth-order valence-electron chi connectivity index (χ4n) is 3.70. The fourth-order valence-corrected chi connectivity index (χ4v) is 3.70. The van der Waals surface area contributed by atoms with E-state index in [1.807, 2.05) is 0 Å². The molecule has 1 fully saturated rings. The van der Waals surface area contributed by atoms with Crippen LogP contribution >= 0.6 is 0 Å². The Bertz CT molecular complexity index is 1090. The highest BCUT2D eigenvalue weighted by Gasteiger charge is 2.24. The van der Waals surface area contributed by atoms with Gasteiger partial charge in [0.15, 0.2) is 29.2 Å². The third-order valence-electron chi connectivity index (χ3n) is 5.52. The van der Waals surface area contributed by atoms with E-state index in [4.69, 9.17) is 4.74 Å². The first-order chi connectivity index (χ1) is 16.8. The molecule has 0 aliphatic heterocycles. The molecule has 2 amide bonds. The average Bonchev–Trinajstić information content (AvgIpc) is 2.83. The van der Waals surface area contributed by atoms with Crippen molar-refractivity contribution < 1.29 is 31.9 Å². The molecule has 35 heavy (non-hydrogen) atoms. The van der Waals surface area contributed by atoms with Crippen molar-refractivity contribution in [1.29, 1.82) is 0 Å². The number of ether oxygens (including phenoxy) is 1. The normalized spacial score (nSPS) is 18.0. The maximum Gasteiger partial charge on any atom is 0.407 e. The highest BCUT2D eigenvalue weighted by atomic mass is 19.2. The van der Waals surface area contributed by atoms with Crippen molar-refractivity contribution in [2.75, 3.05) is 6.61 Å². The van der Waals surface area contributed by atoms with Gasteiger partial charge in [0.25, 0.3) is 5.91 Å². The van der Waals surface area contributed by atoms with E-state index in [2.05, 4.69) is 20.9 Å². The summed E-state index contributed by atoms with van der Waals surface area (Å²) >= 11 is 0. The summed E-state index contributed by atoms with van der Waals surface area (Å²) in [4.78, 5) is 28.1. The minimum Gasteiger partial charge on any atom is -0.450 e. The van der Waals surface area contributed by atoms with Crippen LogP contribution in [0.25, 0.3) is 0 Å². The molecule has 0 saturated heterocycles. The largest absolute Gasteiger partial charge is 0.450 e. The van der Waals surface area contributed by atoms with Crippen LogP contribution in [-0.4, -0.2) is 36.7 Å². The van der Waals surface area contributed by atoms with Gasteiger partial charge in [0.05, 0.1) is 6.61 Å². The summed E-state index contributed by atoms with van der Waals surface area (Å²) in [5, 5.41) is 8.65. The maximum atomic E-state index is 14.1. The van der Waals surface area contributed by atoms with Crippen molar-refractivity contribution in [1.82, 2.24) is 16.0 Å². The molecule has 0 radical (unpaired) electrons. The Kier molecular flexibility index (Phi) is 9.04. The first-order valence-corrected chi connectivity index (χ1v) is 11.2. The number of hydrogen-bond acceptors (Lipinski definition) is 3. The highest BCUT2D eigenvalue weighted by molar-refractivity contribution is 6.02. The predicted octanol–water partition coefficient (Wildman–Crippen LogP) is 4.18. The maximum absolute atomic E-state index is 14.1. The van der Waals surface area contributed by atoms with E-state index in [9.17, 15) is 27.2 Å². The van der Waals surface area contributed by atoms with E-state index >= 15 is 0 Å². The summed E-state index contributed by atoms with van der Waals surface area (Å²) in [7, 11) is 0. The number of hydrogen-bond donors (Lipinski definition) is 3. The van der Waals surface area contributed by atoms with Crippen LogP contribution in [0.1, 0.15) is 48.5 Å². The van der Waals surface area contributed by atoms with E-state index in [1.54, 1.807) is 6.92 Å². The number of nitrogens with one attached hydrogen (secondary N) is 3. The molecule has 2 aromatic rings. The van der Waals surface area contributed by atoms with Crippen LogP contribution in [-0.2, 0) is 11.3 Å². The van der Waals surface area contributed by atoms with Crippen molar-refractivity contribution in [2.24, 2.45) is 4.99 Å². The Hall–Kier alpha value is -3.63. The van der Waals surface area contributed by atoms with Gasteiger partial charge in [-0.3, -0.25) is 4.79 Å². The van der Waals surface area contributed by atoms with E-state index in [0.29, 0.717) is 25.7 Å². The van der Waals surface area contributed by atoms with Crippen molar-refractivity contribution in [3.05, 3.63) is 70.8 Å². The Morgan fingerprint density at radius 1 is 0.943 bits per heavy atom. The third kappa shape index (κ3) is 7.43. The SMILES string of the molecule is CCOC(=O)N[C@H]1CC[C@H](N/C(=N\C(=O)c2ccc(F)c(F)c2)NCc2cccc(F)c2F)CC1. The molecule has 0 bridgehead atoms. The number of aliphatic imine (C=N–C) groups is 1. The van der Waals surface area contributed by atoms with Crippen LogP contribution in [0.2, 0.25) is 0 Å². The second-order valence-corrected chi connectivity index (χ2v) is 8.02. The van der Waals surface area contributed by atoms with Crippen LogP contribution < -0.4 is 16.0 Å². The lowest BCUT2D eigenvalue weighted by molar-refractivity contribution is 0.100. The number of guanidine groups is 1. The number of halogens is 4. The van der Waals surface area contributed by atoms with Gasteiger partial charge >= 0.3 is 6.09 Å². The predicted molar refractivity (Wildman–Crippen MR) is 121 cm³/mol. The zero-order valence-electron chi connectivity index (χ0n) is 19.0. The van der Waals surface area contributed by atoms with Gasteiger partial charge in [-0.1, -0.05) is 12.1 Å². The summed E-state index contributed by atoms with van der Waals surface area (Å²) < 4.78 is 59.3. The van der Waals surface area contributed by atoms with Crippen LogP contribution in [0.5, 0.6) is 0 Å². The highest BCUT2D eigenvalue weighted by Crippen LogP contribution is 2.19. The number of rotatable bonds is 6. The van der Waals surface area contributed by atoms with Gasteiger partial charge in [-0.15, -0.1) is 0 Å². The molecule has 188 valence electrons. The van der Waals surface area contributed by atoms with Crippen LogP contribution in [0.4, 0.5) is 22.4 Å². The second kappa shape index (κ2) is 12.2. The molecule has 1 aliphatic carbocycles. The van der Waals surface area contributed by atoms with Gasteiger partial charge < -0.3 is 20.7 Å². The third-order valence-corrected chi connectivity index (χ3v) is 5.52. The first-order valence-electron chi connectivity index (χ1n) is 11.2. The topological polar surface area (TPSA) is 91.8 Å². The van der Waals surface area contributed by atoms with Gasteiger partial charge in [-0.25, -0.2) is 22.4 Å². The molecule has 0 atom stereocenters. The Morgan fingerprint density at radius 3 is 2.29 bits per heavy atom. The molecule has 0 unspecified atom stereocenters. The molecule has 3 N–H and O–H groups in total. The number of carbonyl (C=O) groups is 2. The van der Waals surface area contributed by atoms with E-state index in [0.717, 1.165) is 24.3 Å². The quantitative estimate of drug-likeness (QED) is 0.319. The second-order valence-electron chi connectivity index (χ2n) is 8.02. The number of benzene rings is 2. The molecule has 3 rings (SSSR count). The number of nitrogens with zero attached hydrogens (tertiary/aromatic N) is 1. The zero-order chi connectivity index (χ0) is 25.4. The minimum absolute atomic E-state index is 0.0159. The van der Waals surface area contributed by atoms with Crippen molar-refractivity contribution >= 4 is 18.0 Å². The molecule has 11 heteroatoms. The smallest absolute Gasteiger partial charge is 0.407 e. The van der Waals surface area contributed by atoms with Crippen LogP contribution in [0.3, 0.4) is 0 Å². The van der Waals surface area contributed by atoms with E-state index < -0.39 is 35.3 Å². The lowest BCUT2D eigenvalue weighted by Gasteiger charge is -2.30. The van der Waals surface area contributed by atoms with Crippen molar-refractivity contribution in [3.8, 4) is 0 Å². The summed E-state index contributed by atoms with van der Waals surface area (Å²) in [6.07, 6.45) is 2.03. The van der Waals surface area contributed by atoms with Gasteiger partial charge in [-0.2, -0.15) is 4.99 Å². The first kappa shape index (κ1) is 26.0. The molecular formula is C24H26F4N4O3. The number of amides is 2. The van der Waals surface area contributed by atoms with Gasteiger partial charge in [0, 0.05) is 29.8 Å². The molecule has 0 heterocycles. The average molecular weight is 494 g/mol. The standard InChI is InChI=1S/C24H26F4N4O3/c1-2-35-24(34)31-17-9-7-16(8-10-17)30-23(29-13-15-4-3-5-19(26)21(15)28)32-22(33)14-6-11-18(25)20(27)12-14/h3-6,11-12,16-17H,2,7-10,13H2,1H3,(H,31,34)(H2,29,30,32,33)/t16-,17-. The fraction of sp³-hybridized carbons (Fsp3) is 0.375. The summed E-state index contributed by atoms with van der Waals surface area (Å²) in [5.74, 6) is -5.21. The lowest BCUT2D eigenvalue weighted by Crippen LogP contribution is -2.47. The molecule has 1 saturated carbocycles. The van der Waals surface area contributed by atoms with Crippen molar-refractivity contribution in [2.45, 2.75) is 51.2 Å². The van der Waals surface area contributed by atoms with Crippen LogP contribution in [0, 0.1) is 23.3 Å². The molecule has 7 nitrogen and oxygen atoms in total. The van der Waals surface area contributed by atoms with Gasteiger partial charge in [-0.05, 0) is 56.9 Å². The van der Waals surface area contributed by atoms with Crippen LogP contribution in [0.15, 0.2) is 41.4 Å². The van der Waals surface area contributed by atoms with Gasteiger partial charge in [0.2, 0.25) is 0 Å². The molecule has 1 aliphatic rings. The molecular weight excluding hydrogens is 468 g/mol. The van der Waals surface area contributed by atoms with Gasteiger partial charge in [0.1, 0.15) is 0 Å². The molecule has 0 aromatic heterocycles. The number of carbonyl (C=O) groups excluding carboxylic acids is 2. The monoisotopic (exact) mass is 494 g/mol. The summed E-state index contributed by atoms with van der Waals surface area (Å²) in [6, 6.07) is 6.16. The zero-order valence-corrected chi connectivity index (χ0v) is 19.0. The van der Waals surface area contributed by atoms with Crippen molar-refractivity contribution in [3.63, 3.8) is 0 Å². The van der Waals surface area contributed by atoms with E-state index in [1.165, 1.54) is 12.1 Å². The summed E-state index contributed by atoms with van der Waals surface area (Å²) in [6.45, 7) is 1.80. The lowest BCUT2D eigenvalue weighted by atomic mass is 9.91. The summed E-state index contributed by atoms with van der Waals surface area (Å²) in [5.41, 5.74) is -0.161. The Morgan fingerprint density at radius 2 is 1.63 bits per heavy atom. The Labute approximate surface area is 200 Å². The molecule has 0 spiro atoms. The number of alkyl carbamates (subject to hydrolysis) is 1. The Balaban J connectivity index is 1.70. The molecule has 2 aromatic carbocycles. The minimum atomic E-state index is -1.19.